The summed E-state index contributed by atoms with van der Waals surface area (Å²) >= 11 is 0. The number of amides is 1. The van der Waals surface area contributed by atoms with E-state index in [9.17, 15) is 4.79 Å². The third-order valence-corrected chi connectivity index (χ3v) is 3.48. The van der Waals surface area contributed by atoms with Crippen LogP contribution in [-0.4, -0.2) is 36.3 Å². The molecule has 1 atom stereocenters. The van der Waals surface area contributed by atoms with Crippen LogP contribution >= 0.6 is 0 Å². The van der Waals surface area contributed by atoms with E-state index >= 15 is 0 Å². The highest BCUT2D eigenvalue weighted by atomic mass is 16.2. The molecule has 7 heteroatoms. The molecule has 2 heterocycles. The Labute approximate surface area is 128 Å². The lowest BCUT2D eigenvalue weighted by molar-refractivity contribution is -0.122. The van der Waals surface area contributed by atoms with Crippen molar-refractivity contribution >= 4 is 16.9 Å². The SMILES string of the molecule is Cc1nc2ccccc2n1CC(=O)NC(C)Cn1cncn1. The zero-order valence-electron chi connectivity index (χ0n) is 12.6. The molecule has 3 rings (SSSR count). The fraction of sp³-hybridized carbons (Fsp3) is 0.333. The number of imidazole rings is 1. The Morgan fingerprint density at radius 1 is 1.36 bits per heavy atom. The number of aryl methyl sites for hydroxylation is 1. The van der Waals surface area contributed by atoms with Gasteiger partial charge >= 0.3 is 0 Å². The van der Waals surface area contributed by atoms with Gasteiger partial charge in [0.25, 0.3) is 0 Å². The predicted molar refractivity (Wildman–Crippen MR) is 82.1 cm³/mol. The Morgan fingerprint density at radius 2 is 2.18 bits per heavy atom. The molecular formula is C15H18N6O. The standard InChI is InChI=1S/C15H18N6O/c1-11(7-20-10-16-9-17-20)18-15(22)8-21-12(2)19-13-5-3-4-6-14(13)21/h3-6,9-11H,7-8H2,1-2H3,(H,18,22). The highest BCUT2D eigenvalue weighted by molar-refractivity contribution is 5.81. The van der Waals surface area contributed by atoms with Crippen LogP contribution < -0.4 is 5.32 Å². The number of nitrogens with one attached hydrogen (secondary N) is 1. The lowest BCUT2D eigenvalue weighted by Crippen LogP contribution is -2.38. The molecule has 0 saturated carbocycles. The third kappa shape index (κ3) is 2.98. The molecule has 0 fully saturated rings. The van der Waals surface area contributed by atoms with Crippen molar-refractivity contribution < 1.29 is 4.79 Å². The second kappa shape index (κ2) is 5.97. The molecular weight excluding hydrogens is 280 g/mol. The first-order chi connectivity index (χ1) is 10.6. The van der Waals surface area contributed by atoms with E-state index in [1.807, 2.05) is 42.7 Å². The maximum atomic E-state index is 12.2. The molecule has 0 aliphatic carbocycles. The van der Waals surface area contributed by atoms with Crippen molar-refractivity contribution in [2.24, 2.45) is 0 Å². The van der Waals surface area contributed by atoms with E-state index in [0.29, 0.717) is 6.54 Å². The fourth-order valence-corrected chi connectivity index (χ4v) is 2.51. The van der Waals surface area contributed by atoms with Crippen molar-refractivity contribution in [1.29, 1.82) is 0 Å². The molecule has 7 nitrogen and oxygen atoms in total. The average Bonchev–Trinajstić information content (AvgIpc) is 3.08. The molecule has 22 heavy (non-hydrogen) atoms. The number of nitrogens with zero attached hydrogens (tertiary/aromatic N) is 5. The van der Waals surface area contributed by atoms with Gasteiger partial charge in [-0.3, -0.25) is 9.48 Å². The summed E-state index contributed by atoms with van der Waals surface area (Å²) in [7, 11) is 0. The van der Waals surface area contributed by atoms with Crippen LogP contribution in [-0.2, 0) is 17.9 Å². The number of hydrogen-bond acceptors (Lipinski definition) is 4. The van der Waals surface area contributed by atoms with Crippen molar-refractivity contribution in [3.63, 3.8) is 0 Å². The van der Waals surface area contributed by atoms with Crippen molar-refractivity contribution in [3.05, 3.63) is 42.7 Å². The highest BCUT2D eigenvalue weighted by Gasteiger charge is 2.13. The van der Waals surface area contributed by atoms with Gasteiger partial charge in [0.05, 0.1) is 17.6 Å². The van der Waals surface area contributed by atoms with Crippen LogP contribution in [0.1, 0.15) is 12.7 Å². The summed E-state index contributed by atoms with van der Waals surface area (Å²) in [6.45, 7) is 4.70. The molecule has 2 aromatic heterocycles. The maximum Gasteiger partial charge on any atom is 0.240 e. The van der Waals surface area contributed by atoms with Gasteiger partial charge in [0.15, 0.2) is 0 Å². The summed E-state index contributed by atoms with van der Waals surface area (Å²) in [6.07, 6.45) is 3.12. The summed E-state index contributed by atoms with van der Waals surface area (Å²) in [6, 6.07) is 7.79. The Morgan fingerprint density at radius 3 is 2.95 bits per heavy atom. The Hall–Kier alpha value is -2.70. The summed E-state index contributed by atoms with van der Waals surface area (Å²) in [4.78, 5) is 20.6. The molecule has 1 N–H and O–H groups in total. The quantitative estimate of drug-likeness (QED) is 0.766. The van der Waals surface area contributed by atoms with Gasteiger partial charge in [-0.1, -0.05) is 12.1 Å². The van der Waals surface area contributed by atoms with Gasteiger partial charge in [-0.15, -0.1) is 0 Å². The highest BCUT2D eigenvalue weighted by Crippen LogP contribution is 2.15. The number of fused-ring (bicyclic) bond motifs is 1. The predicted octanol–water partition coefficient (Wildman–Crippen LogP) is 1.14. The topological polar surface area (TPSA) is 77.6 Å². The van der Waals surface area contributed by atoms with Crippen LogP contribution in [0.5, 0.6) is 0 Å². The van der Waals surface area contributed by atoms with Gasteiger partial charge in [-0.25, -0.2) is 9.97 Å². The van der Waals surface area contributed by atoms with Crippen LogP contribution in [0.25, 0.3) is 11.0 Å². The van der Waals surface area contributed by atoms with Gasteiger partial charge < -0.3 is 9.88 Å². The molecule has 1 amide bonds. The van der Waals surface area contributed by atoms with E-state index < -0.39 is 0 Å². The van der Waals surface area contributed by atoms with E-state index in [1.54, 1.807) is 11.0 Å². The number of hydrogen-bond donors (Lipinski definition) is 1. The van der Waals surface area contributed by atoms with E-state index in [1.165, 1.54) is 6.33 Å². The third-order valence-electron chi connectivity index (χ3n) is 3.48. The average molecular weight is 298 g/mol. The number of rotatable bonds is 5. The second-order valence-electron chi connectivity index (χ2n) is 5.32. The summed E-state index contributed by atoms with van der Waals surface area (Å²) < 4.78 is 3.62. The monoisotopic (exact) mass is 298 g/mol. The zero-order valence-corrected chi connectivity index (χ0v) is 12.6. The van der Waals surface area contributed by atoms with Gasteiger partial charge in [0, 0.05) is 6.04 Å². The van der Waals surface area contributed by atoms with Gasteiger partial charge in [0.1, 0.15) is 25.0 Å². The molecule has 0 spiro atoms. The first-order valence-corrected chi connectivity index (χ1v) is 7.17. The van der Waals surface area contributed by atoms with Crippen molar-refractivity contribution in [3.8, 4) is 0 Å². The van der Waals surface area contributed by atoms with Gasteiger partial charge in [-0.2, -0.15) is 5.10 Å². The Balaban J connectivity index is 1.67. The molecule has 0 aliphatic rings. The largest absolute Gasteiger partial charge is 0.350 e. The van der Waals surface area contributed by atoms with Crippen LogP contribution in [0.15, 0.2) is 36.9 Å². The normalized spacial score (nSPS) is 12.5. The number of aromatic nitrogens is 5. The summed E-state index contributed by atoms with van der Waals surface area (Å²) in [5.41, 5.74) is 1.88. The number of benzene rings is 1. The van der Waals surface area contributed by atoms with E-state index in [2.05, 4.69) is 20.4 Å². The van der Waals surface area contributed by atoms with Crippen molar-refractivity contribution in [1.82, 2.24) is 29.6 Å². The minimum Gasteiger partial charge on any atom is -0.350 e. The van der Waals surface area contributed by atoms with E-state index in [4.69, 9.17) is 0 Å². The zero-order chi connectivity index (χ0) is 15.5. The maximum absolute atomic E-state index is 12.2. The van der Waals surface area contributed by atoms with Gasteiger partial charge in [0.2, 0.25) is 5.91 Å². The van der Waals surface area contributed by atoms with Crippen LogP contribution in [0.2, 0.25) is 0 Å². The number of carbonyl (C=O) groups excluding carboxylic acids is 1. The molecule has 0 bridgehead atoms. The van der Waals surface area contributed by atoms with Crippen LogP contribution in [0, 0.1) is 6.92 Å². The molecule has 0 saturated heterocycles. The number of para-hydroxylation sites is 2. The lowest BCUT2D eigenvalue weighted by atomic mass is 10.3. The summed E-state index contributed by atoms with van der Waals surface area (Å²) in [5.74, 6) is 0.791. The molecule has 0 aliphatic heterocycles. The second-order valence-corrected chi connectivity index (χ2v) is 5.32. The summed E-state index contributed by atoms with van der Waals surface area (Å²) in [5, 5.41) is 7.01. The Bertz CT molecular complexity index is 777. The Kier molecular flexibility index (Phi) is 3.86. The minimum atomic E-state index is -0.0427. The molecule has 0 radical (unpaired) electrons. The first kappa shape index (κ1) is 14.2. The van der Waals surface area contributed by atoms with Gasteiger partial charge in [-0.05, 0) is 26.0 Å². The molecule has 1 aromatic carbocycles. The first-order valence-electron chi connectivity index (χ1n) is 7.17. The molecule has 1 unspecified atom stereocenters. The fourth-order valence-electron chi connectivity index (χ4n) is 2.51. The van der Waals surface area contributed by atoms with Crippen molar-refractivity contribution in [2.45, 2.75) is 33.0 Å². The minimum absolute atomic E-state index is 0.0238. The van der Waals surface area contributed by atoms with Crippen LogP contribution in [0.4, 0.5) is 0 Å². The van der Waals surface area contributed by atoms with Crippen molar-refractivity contribution in [2.75, 3.05) is 0 Å². The van der Waals surface area contributed by atoms with Crippen LogP contribution in [0.3, 0.4) is 0 Å². The van der Waals surface area contributed by atoms with E-state index in [0.717, 1.165) is 16.9 Å². The molecule has 3 aromatic rings. The lowest BCUT2D eigenvalue weighted by Gasteiger charge is -2.14. The van der Waals surface area contributed by atoms with E-state index in [-0.39, 0.29) is 18.5 Å². The number of carbonyl (C=O) groups is 1. The molecule has 114 valence electrons. The smallest absolute Gasteiger partial charge is 0.240 e.